The van der Waals surface area contributed by atoms with Crippen LogP contribution in [0.3, 0.4) is 0 Å². The van der Waals surface area contributed by atoms with Gasteiger partial charge < -0.3 is 5.11 Å². The van der Waals surface area contributed by atoms with E-state index >= 15 is 0 Å². The zero-order valence-corrected chi connectivity index (χ0v) is 19.0. The van der Waals surface area contributed by atoms with Crippen molar-refractivity contribution in [3.63, 3.8) is 0 Å². The van der Waals surface area contributed by atoms with Crippen LogP contribution in [0.4, 0.5) is 0 Å². The van der Waals surface area contributed by atoms with Crippen molar-refractivity contribution in [2.24, 2.45) is 11.0 Å². The van der Waals surface area contributed by atoms with Crippen LogP contribution in [0, 0.1) is 5.92 Å². The van der Waals surface area contributed by atoms with Crippen LogP contribution in [0.25, 0.3) is 0 Å². The highest BCUT2D eigenvalue weighted by molar-refractivity contribution is 9.11. The number of rotatable bonds is 5. The maximum atomic E-state index is 12.4. The Morgan fingerprint density at radius 2 is 1.93 bits per heavy atom. The summed E-state index contributed by atoms with van der Waals surface area (Å²) in [6.07, 6.45) is 3.03. The van der Waals surface area contributed by atoms with Crippen LogP contribution in [-0.2, 0) is 11.3 Å². The van der Waals surface area contributed by atoms with Gasteiger partial charge in [-0.3, -0.25) is 9.69 Å². The van der Waals surface area contributed by atoms with Gasteiger partial charge in [0.2, 0.25) is 5.91 Å². The first-order valence-corrected chi connectivity index (χ1v) is 10.9. The number of phenols is 1. The summed E-state index contributed by atoms with van der Waals surface area (Å²) < 4.78 is 1.36. The Balaban J connectivity index is 1.48. The fourth-order valence-corrected chi connectivity index (χ4v) is 4.53. The highest BCUT2D eigenvalue weighted by atomic mass is 79.9. The molecule has 0 aliphatic carbocycles. The molecular weight excluding hydrogens is 510 g/mol. The molecule has 8 heteroatoms. The van der Waals surface area contributed by atoms with Gasteiger partial charge in [0.1, 0.15) is 5.75 Å². The second-order valence-corrected chi connectivity index (χ2v) is 8.94. The highest BCUT2D eigenvalue weighted by Gasteiger charge is 2.24. The van der Waals surface area contributed by atoms with Crippen molar-refractivity contribution in [1.82, 2.24) is 10.3 Å². The number of benzene rings is 2. The van der Waals surface area contributed by atoms with Crippen LogP contribution in [0.15, 0.2) is 50.4 Å². The van der Waals surface area contributed by atoms with Crippen molar-refractivity contribution in [1.29, 1.82) is 0 Å². The van der Waals surface area contributed by atoms with Crippen LogP contribution in [0.2, 0.25) is 5.02 Å². The summed E-state index contributed by atoms with van der Waals surface area (Å²) in [6.45, 7) is 2.59. The third-order valence-electron chi connectivity index (χ3n) is 4.71. The minimum atomic E-state index is -0.0871. The van der Waals surface area contributed by atoms with Crippen molar-refractivity contribution in [2.75, 3.05) is 13.1 Å². The smallest absolute Gasteiger partial charge is 0.243 e. The second kappa shape index (κ2) is 9.87. The summed E-state index contributed by atoms with van der Waals surface area (Å²) in [5.41, 5.74) is 4.33. The molecule has 3 rings (SSSR count). The fraction of sp³-hybridized carbons (Fsp3) is 0.300. The first kappa shape index (κ1) is 21.3. The number of hydrogen-bond donors (Lipinski definition) is 2. The number of hydrogen-bond acceptors (Lipinski definition) is 4. The van der Waals surface area contributed by atoms with Gasteiger partial charge in [-0.05, 0) is 71.7 Å². The quantitative estimate of drug-likeness (QED) is 0.426. The number of halogens is 3. The van der Waals surface area contributed by atoms with Gasteiger partial charge in [-0.15, -0.1) is 0 Å². The topological polar surface area (TPSA) is 64.9 Å². The Morgan fingerprint density at radius 1 is 1.25 bits per heavy atom. The molecule has 0 unspecified atom stereocenters. The van der Waals surface area contributed by atoms with E-state index in [1.54, 1.807) is 12.1 Å². The largest absolute Gasteiger partial charge is 0.506 e. The molecule has 0 bridgehead atoms. The Hall–Kier alpha value is -1.41. The minimum Gasteiger partial charge on any atom is -0.506 e. The molecule has 1 heterocycles. The average molecular weight is 530 g/mol. The lowest BCUT2D eigenvalue weighted by molar-refractivity contribution is -0.126. The van der Waals surface area contributed by atoms with E-state index in [9.17, 15) is 9.90 Å². The normalized spacial score (nSPS) is 15.8. The van der Waals surface area contributed by atoms with E-state index in [1.807, 2.05) is 24.3 Å². The zero-order chi connectivity index (χ0) is 20.1. The molecule has 28 heavy (non-hydrogen) atoms. The number of carbonyl (C=O) groups excluding carboxylic acids is 1. The molecule has 0 atom stereocenters. The maximum absolute atomic E-state index is 12.4. The molecule has 1 fully saturated rings. The van der Waals surface area contributed by atoms with E-state index in [1.165, 1.54) is 11.8 Å². The van der Waals surface area contributed by atoms with Crippen molar-refractivity contribution in [3.05, 3.63) is 61.5 Å². The minimum absolute atomic E-state index is 0.0542. The fourth-order valence-electron chi connectivity index (χ4n) is 3.14. The molecule has 5 nitrogen and oxygen atoms in total. The molecule has 148 valence electrons. The molecule has 2 aromatic rings. The van der Waals surface area contributed by atoms with Gasteiger partial charge in [0.25, 0.3) is 0 Å². The van der Waals surface area contributed by atoms with E-state index in [0.717, 1.165) is 42.0 Å². The number of hydrazone groups is 1. The van der Waals surface area contributed by atoms with Gasteiger partial charge in [-0.1, -0.05) is 39.7 Å². The molecule has 2 N–H and O–H groups in total. The molecule has 1 amide bonds. The van der Waals surface area contributed by atoms with Crippen LogP contribution in [0.1, 0.15) is 24.0 Å². The number of likely N-dealkylation sites (tertiary alicyclic amines) is 1. The van der Waals surface area contributed by atoms with Crippen molar-refractivity contribution >= 4 is 55.6 Å². The van der Waals surface area contributed by atoms with Crippen LogP contribution < -0.4 is 5.43 Å². The molecule has 0 radical (unpaired) electrons. The molecule has 1 aliphatic rings. The average Bonchev–Trinajstić information content (AvgIpc) is 2.68. The maximum Gasteiger partial charge on any atom is 0.243 e. The zero-order valence-electron chi connectivity index (χ0n) is 15.0. The number of amides is 1. The van der Waals surface area contributed by atoms with Crippen LogP contribution in [-0.4, -0.2) is 35.2 Å². The number of nitrogens with zero attached hydrogens (tertiary/aromatic N) is 2. The molecular formula is C20H20Br2ClN3O2. The molecule has 0 aromatic heterocycles. The number of carbonyl (C=O) groups is 1. The second-order valence-electron chi connectivity index (χ2n) is 6.74. The van der Waals surface area contributed by atoms with Crippen LogP contribution in [0.5, 0.6) is 5.75 Å². The molecule has 0 spiro atoms. The summed E-state index contributed by atoms with van der Waals surface area (Å²) in [5.74, 6) is -0.0610. The first-order chi connectivity index (χ1) is 13.4. The monoisotopic (exact) mass is 527 g/mol. The van der Waals surface area contributed by atoms with Gasteiger partial charge in [0.05, 0.1) is 10.7 Å². The van der Waals surface area contributed by atoms with E-state index in [0.29, 0.717) is 10.0 Å². The lowest BCUT2D eigenvalue weighted by Crippen LogP contribution is -2.39. The summed E-state index contributed by atoms with van der Waals surface area (Å²) in [5, 5.41) is 14.8. The van der Waals surface area contributed by atoms with Crippen molar-refractivity contribution in [2.45, 2.75) is 19.4 Å². The predicted molar refractivity (Wildman–Crippen MR) is 119 cm³/mol. The molecule has 1 saturated heterocycles. The van der Waals surface area contributed by atoms with Gasteiger partial charge in [0, 0.05) is 27.5 Å². The first-order valence-electron chi connectivity index (χ1n) is 8.90. The number of piperidine rings is 1. The third kappa shape index (κ3) is 5.80. The lowest BCUT2D eigenvalue weighted by Gasteiger charge is -2.30. The standard InChI is InChI=1S/C20H20Br2ClN3O2/c21-16-9-15(19(27)18(22)10-16)11-24-25-20(28)14-5-7-26(8-6-14)12-13-1-3-17(23)4-2-13/h1-4,9-11,14,27H,5-8,12H2,(H,25,28). The molecule has 0 saturated carbocycles. The Labute approximate surface area is 186 Å². The number of phenolic OH excluding ortho intramolecular Hbond substituents is 1. The summed E-state index contributed by atoms with van der Waals surface area (Å²) in [4.78, 5) is 14.7. The van der Waals surface area contributed by atoms with Crippen molar-refractivity contribution in [3.8, 4) is 5.75 Å². The van der Waals surface area contributed by atoms with Crippen LogP contribution >= 0.6 is 43.5 Å². The van der Waals surface area contributed by atoms with Gasteiger partial charge >= 0.3 is 0 Å². The predicted octanol–water partition coefficient (Wildman–Crippen LogP) is 4.93. The summed E-state index contributed by atoms with van der Waals surface area (Å²) in [6, 6.07) is 11.3. The van der Waals surface area contributed by atoms with Gasteiger partial charge in [-0.25, -0.2) is 5.43 Å². The Morgan fingerprint density at radius 3 is 2.61 bits per heavy atom. The molecule has 2 aromatic carbocycles. The Bertz CT molecular complexity index is 866. The number of nitrogens with one attached hydrogen (secondary N) is 1. The SMILES string of the molecule is O=C(NN=Cc1cc(Br)cc(Br)c1O)C1CCN(Cc2ccc(Cl)cc2)CC1. The summed E-state index contributed by atoms with van der Waals surface area (Å²) >= 11 is 12.6. The number of aromatic hydroxyl groups is 1. The third-order valence-corrected chi connectivity index (χ3v) is 6.03. The van der Waals surface area contributed by atoms with E-state index in [4.69, 9.17) is 11.6 Å². The molecule has 1 aliphatic heterocycles. The lowest BCUT2D eigenvalue weighted by atomic mass is 9.96. The highest BCUT2D eigenvalue weighted by Crippen LogP contribution is 2.30. The Kier molecular flexibility index (Phi) is 7.51. The van der Waals surface area contributed by atoms with E-state index in [-0.39, 0.29) is 17.6 Å². The van der Waals surface area contributed by atoms with E-state index < -0.39 is 0 Å². The van der Waals surface area contributed by atoms with E-state index in [2.05, 4.69) is 47.3 Å². The van der Waals surface area contributed by atoms with Gasteiger partial charge in [0.15, 0.2) is 0 Å². The van der Waals surface area contributed by atoms with Crippen molar-refractivity contribution < 1.29 is 9.90 Å². The summed E-state index contributed by atoms with van der Waals surface area (Å²) in [7, 11) is 0. The van der Waals surface area contributed by atoms with Gasteiger partial charge in [-0.2, -0.15) is 5.10 Å².